The number of amidine groups is 1. The van der Waals surface area contributed by atoms with Gasteiger partial charge in [-0.15, -0.1) is 0 Å². The van der Waals surface area contributed by atoms with E-state index in [4.69, 9.17) is 0 Å². The number of aliphatic imine (C=N–C) groups is 1. The molecule has 0 spiro atoms. The highest BCUT2D eigenvalue weighted by Crippen LogP contribution is 2.17. The average Bonchev–Trinajstić information content (AvgIpc) is 2.50. The SMILES string of the molecule is CCCCCC(C)N1CC(O)C(=O)N=C1c1cnccn1. The van der Waals surface area contributed by atoms with Crippen LogP contribution in [0, 0.1) is 0 Å². The van der Waals surface area contributed by atoms with Gasteiger partial charge in [-0.3, -0.25) is 9.78 Å². The fraction of sp³-hybridized carbons (Fsp3) is 0.600. The minimum Gasteiger partial charge on any atom is -0.381 e. The zero-order valence-electron chi connectivity index (χ0n) is 12.6. The van der Waals surface area contributed by atoms with Crippen molar-refractivity contribution in [3.8, 4) is 0 Å². The molecule has 2 unspecified atom stereocenters. The van der Waals surface area contributed by atoms with Crippen LogP contribution in [-0.2, 0) is 4.79 Å². The first kappa shape index (κ1) is 15.6. The number of hydrogen-bond acceptors (Lipinski definition) is 5. The Bertz CT molecular complexity index is 504. The van der Waals surface area contributed by atoms with E-state index in [0.29, 0.717) is 11.5 Å². The van der Waals surface area contributed by atoms with E-state index < -0.39 is 12.0 Å². The van der Waals surface area contributed by atoms with Crippen LogP contribution in [0.4, 0.5) is 0 Å². The van der Waals surface area contributed by atoms with Gasteiger partial charge in [0.15, 0.2) is 11.9 Å². The van der Waals surface area contributed by atoms with Gasteiger partial charge in [-0.25, -0.2) is 4.98 Å². The summed E-state index contributed by atoms with van der Waals surface area (Å²) in [6, 6.07) is 0.194. The van der Waals surface area contributed by atoms with Gasteiger partial charge in [-0.2, -0.15) is 4.99 Å². The zero-order valence-corrected chi connectivity index (χ0v) is 12.6. The van der Waals surface area contributed by atoms with E-state index in [1.54, 1.807) is 18.6 Å². The molecule has 114 valence electrons. The second kappa shape index (κ2) is 7.26. The molecule has 21 heavy (non-hydrogen) atoms. The Morgan fingerprint density at radius 3 is 2.90 bits per heavy atom. The molecule has 1 aliphatic heterocycles. The monoisotopic (exact) mass is 290 g/mol. The van der Waals surface area contributed by atoms with Crippen LogP contribution in [0.5, 0.6) is 0 Å². The smallest absolute Gasteiger partial charge is 0.278 e. The summed E-state index contributed by atoms with van der Waals surface area (Å²) in [4.78, 5) is 25.9. The summed E-state index contributed by atoms with van der Waals surface area (Å²) in [6.07, 6.45) is 8.15. The summed E-state index contributed by atoms with van der Waals surface area (Å²) in [5.74, 6) is 0.00931. The summed E-state index contributed by atoms with van der Waals surface area (Å²) in [6.45, 7) is 4.52. The van der Waals surface area contributed by atoms with E-state index in [0.717, 1.165) is 12.8 Å². The molecular weight excluding hydrogens is 268 g/mol. The number of aromatic nitrogens is 2. The van der Waals surface area contributed by atoms with Crippen LogP contribution >= 0.6 is 0 Å². The molecule has 0 saturated carbocycles. The van der Waals surface area contributed by atoms with Gasteiger partial charge in [0, 0.05) is 18.4 Å². The molecule has 0 radical (unpaired) electrons. The van der Waals surface area contributed by atoms with E-state index in [9.17, 15) is 9.90 Å². The predicted octanol–water partition coefficient (Wildman–Crippen LogP) is 1.40. The van der Waals surface area contributed by atoms with Gasteiger partial charge in [-0.05, 0) is 13.3 Å². The third kappa shape index (κ3) is 3.85. The van der Waals surface area contributed by atoms with Crippen LogP contribution in [-0.4, -0.2) is 50.4 Å². The first-order chi connectivity index (χ1) is 10.1. The van der Waals surface area contributed by atoms with E-state index in [-0.39, 0.29) is 12.6 Å². The summed E-state index contributed by atoms with van der Waals surface area (Å²) in [5, 5.41) is 9.80. The quantitative estimate of drug-likeness (QED) is 0.801. The Morgan fingerprint density at radius 1 is 1.43 bits per heavy atom. The summed E-state index contributed by atoms with van der Waals surface area (Å²) in [5.41, 5.74) is 0.570. The van der Waals surface area contributed by atoms with Crippen molar-refractivity contribution in [2.75, 3.05) is 6.54 Å². The molecule has 1 N–H and O–H groups in total. The Balaban J connectivity index is 2.20. The van der Waals surface area contributed by atoms with Gasteiger partial charge < -0.3 is 10.0 Å². The largest absolute Gasteiger partial charge is 0.381 e. The van der Waals surface area contributed by atoms with E-state index >= 15 is 0 Å². The molecule has 1 aliphatic rings. The second-order valence-corrected chi connectivity index (χ2v) is 5.38. The van der Waals surface area contributed by atoms with Crippen molar-refractivity contribution in [3.05, 3.63) is 24.3 Å². The molecule has 1 amide bonds. The standard InChI is InChI=1S/C15H22N4O2/c1-3-4-5-6-11(2)19-10-13(20)15(21)18-14(19)12-9-16-7-8-17-12/h7-9,11,13,20H,3-6,10H2,1-2H3. The maximum Gasteiger partial charge on any atom is 0.278 e. The number of aliphatic hydroxyl groups is 1. The summed E-state index contributed by atoms with van der Waals surface area (Å²) >= 11 is 0. The van der Waals surface area contributed by atoms with Crippen molar-refractivity contribution in [2.24, 2.45) is 4.99 Å². The molecule has 1 aromatic heterocycles. The van der Waals surface area contributed by atoms with Crippen LogP contribution in [0.3, 0.4) is 0 Å². The van der Waals surface area contributed by atoms with Crippen LogP contribution in [0.25, 0.3) is 0 Å². The number of carbonyl (C=O) groups excluding carboxylic acids is 1. The molecule has 0 aliphatic carbocycles. The van der Waals surface area contributed by atoms with Crippen molar-refractivity contribution in [1.29, 1.82) is 0 Å². The fourth-order valence-electron chi connectivity index (χ4n) is 2.45. The van der Waals surface area contributed by atoms with Crippen molar-refractivity contribution in [2.45, 2.75) is 51.7 Å². The van der Waals surface area contributed by atoms with Gasteiger partial charge in [0.1, 0.15) is 5.69 Å². The maximum atomic E-state index is 11.7. The summed E-state index contributed by atoms with van der Waals surface area (Å²) < 4.78 is 0. The average molecular weight is 290 g/mol. The number of β-amino-alcohol motifs (C(OH)–C–C–N with tert-alkyl or cyclic N) is 1. The lowest BCUT2D eigenvalue weighted by molar-refractivity contribution is -0.127. The number of rotatable bonds is 6. The first-order valence-corrected chi connectivity index (χ1v) is 7.47. The highest BCUT2D eigenvalue weighted by atomic mass is 16.3. The first-order valence-electron chi connectivity index (χ1n) is 7.47. The van der Waals surface area contributed by atoms with Crippen LogP contribution in [0.2, 0.25) is 0 Å². The van der Waals surface area contributed by atoms with E-state index in [1.165, 1.54) is 12.8 Å². The van der Waals surface area contributed by atoms with Crippen molar-refractivity contribution >= 4 is 11.7 Å². The molecule has 0 aromatic carbocycles. The van der Waals surface area contributed by atoms with Gasteiger partial charge in [0.2, 0.25) is 0 Å². The number of carbonyl (C=O) groups is 1. The molecule has 0 fully saturated rings. The number of hydrogen-bond donors (Lipinski definition) is 1. The highest BCUT2D eigenvalue weighted by molar-refractivity contribution is 6.06. The number of nitrogens with zero attached hydrogens (tertiary/aromatic N) is 4. The second-order valence-electron chi connectivity index (χ2n) is 5.38. The van der Waals surface area contributed by atoms with E-state index in [2.05, 4.69) is 28.8 Å². The minimum atomic E-state index is -1.06. The third-order valence-electron chi connectivity index (χ3n) is 3.69. The maximum absolute atomic E-state index is 11.7. The summed E-state index contributed by atoms with van der Waals surface area (Å²) in [7, 11) is 0. The van der Waals surface area contributed by atoms with Gasteiger partial charge >= 0.3 is 0 Å². The Labute approximate surface area is 124 Å². The Morgan fingerprint density at radius 2 is 2.24 bits per heavy atom. The molecule has 2 atom stereocenters. The molecule has 0 bridgehead atoms. The molecule has 1 aromatic rings. The third-order valence-corrected chi connectivity index (χ3v) is 3.69. The lowest BCUT2D eigenvalue weighted by atomic mass is 10.1. The van der Waals surface area contributed by atoms with E-state index in [1.807, 2.05) is 4.90 Å². The van der Waals surface area contributed by atoms with Crippen molar-refractivity contribution in [3.63, 3.8) is 0 Å². The zero-order chi connectivity index (χ0) is 15.2. The lowest BCUT2D eigenvalue weighted by Gasteiger charge is -2.35. The van der Waals surface area contributed by atoms with Gasteiger partial charge in [-0.1, -0.05) is 26.2 Å². The van der Waals surface area contributed by atoms with Crippen molar-refractivity contribution < 1.29 is 9.90 Å². The highest BCUT2D eigenvalue weighted by Gasteiger charge is 2.31. The number of unbranched alkanes of at least 4 members (excludes halogenated alkanes) is 2. The molecular formula is C15H22N4O2. The van der Waals surface area contributed by atoms with Gasteiger partial charge in [0.05, 0.1) is 12.7 Å². The molecule has 6 heteroatoms. The molecule has 0 saturated heterocycles. The molecule has 2 heterocycles. The Hall–Kier alpha value is -1.82. The minimum absolute atomic E-state index is 0.194. The van der Waals surface area contributed by atoms with Gasteiger partial charge in [0.25, 0.3) is 5.91 Å². The van der Waals surface area contributed by atoms with Crippen LogP contribution in [0.1, 0.15) is 45.2 Å². The topological polar surface area (TPSA) is 78.7 Å². The molecule has 2 rings (SSSR count). The van der Waals surface area contributed by atoms with Crippen LogP contribution < -0.4 is 0 Å². The van der Waals surface area contributed by atoms with Crippen LogP contribution in [0.15, 0.2) is 23.6 Å². The number of aliphatic hydroxyl groups excluding tert-OH is 1. The predicted molar refractivity (Wildman–Crippen MR) is 79.9 cm³/mol. The lowest BCUT2D eigenvalue weighted by Crippen LogP contribution is -2.50. The van der Waals surface area contributed by atoms with Crippen molar-refractivity contribution in [1.82, 2.24) is 14.9 Å². The molecule has 6 nitrogen and oxygen atoms in total. The fourth-order valence-corrected chi connectivity index (χ4v) is 2.45. The normalized spacial score (nSPS) is 20.3. The Kier molecular flexibility index (Phi) is 5.38. The number of amides is 1.